The second kappa shape index (κ2) is 7.90. The van der Waals surface area contributed by atoms with Crippen molar-refractivity contribution in [1.82, 2.24) is 0 Å². The Kier molecular flexibility index (Phi) is 10.8. The average molecular weight is 201 g/mol. The lowest BCUT2D eigenvalue weighted by Crippen LogP contribution is -2.16. The summed E-state index contributed by atoms with van der Waals surface area (Å²) in [6.45, 7) is 13.2. The molecule has 0 aliphatic rings. The fourth-order valence-electron chi connectivity index (χ4n) is 1.67. The second-order valence-corrected chi connectivity index (χ2v) is 4.37. The van der Waals surface area contributed by atoms with Crippen molar-refractivity contribution in [3.05, 3.63) is 11.3 Å². The molecule has 0 bridgehead atoms. The lowest BCUT2D eigenvalue weighted by atomic mass is 9.88. The van der Waals surface area contributed by atoms with Gasteiger partial charge >= 0.3 is 0 Å². The monoisotopic (exact) mass is 201 g/mol. The molecule has 0 aromatic rings. The molecule has 0 amide bonds. The van der Waals surface area contributed by atoms with E-state index < -0.39 is 0 Å². The molecule has 0 fully saturated rings. The van der Waals surface area contributed by atoms with Crippen molar-refractivity contribution in [3.63, 3.8) is 0 Å². The highest BCUT2D eigenvalue weighted by atomic mass is 14.6. The van der Waals surface area contributed by atoms with Crippen molar-refractivity contribution in [2.75, 3.05) is 0 Å². The molecule has 1 heteroatoms. The first-order chi connectivity index (χ1) is 5.37. The third-order valence-electron chi connectivity index (χ3n) is 2.20. The number of rotatable bonds is 3. The molecule has 0 unspecified atom stereocenters. The van der Waals surface area contributed by atoms with Gasteiger partial charge in [-0.1, -0.05) is 56.4 Å². The average Bonchev–Trinajstić information content (AvgIpc) is 1.85. The van der Waals surface area contributed by atoms with E-state index in [1.807, 2.05) is 0 Å². The number of allylic oxidation sites excluding steroid dienone is 2. The van der Waals surface area contributed by atoms with Crippen LogP contribution in [0.25, 0.3) is 0 Å². The smallest absolute Gasteiger partial charge is 0.0104 e. The van der Waals surface area contributed by atoms with Crippen LogP contribution in [0.4, 0.5) is 0 Å². The van der Waals surface area contributed by atoms with Crippen molar-refractivity contribution in [2.24, 2.45) is 23.5 Å². The Morgan fingerprint density at radius 3 is 1.07 bits per heavy atom. The summed E-state index contributed by atoms with van der Waals surface area (Å²) in [5, 5.41) is 0. The Labute approximate surface area is 91.8 Å². The Bertz CT molecular complexity index is 154. The fourth-order valence-corrected chi connectivity index (χ4v) is 1.67. The van der Waals surface area contributed by atoms with Crippen LogP contribution in [0.1, 0.15) is 56.4 Å². The number of nitrogens with two attached hydrogens (primary N) is 1. The molecule has 0 saturated carbocycles. The minimum Gasteiger partial charge on any atom is -0.402 e. The van der Waals surface area contributed by atoms with Crippen LogP contribution in [-0.4, -0.2) is 0 Å². The van der Waals surface area contributed by atoms with Gasteiger partial charge in [0.2, 0.25) is 0 Å². The molecule has 0 aliphatic carbocycles. The van der Waals surface area contributed by atoms with Crippen molar-refractivity contribution in [3.8, 4) is 0 Å². The molecule has 14 heavy (non-hydrogen) atoms. The second-order valence-electron chi connectivity index (χ2n) is 4.37. The van der Waals surface area contributed by atoms with E-state index in [9.17, 15) is 0 Å². The lowest BCUT2D eigenvalue weighted by molar-refractivity contribution is 0.584. The maximum atomic E-state index is 6.04. The Morgan fingerprint density at radius 2 is 1.00 bits per heavy atom. The van der Waals surface area contributed by atoms with Crippen LogP contribution in [0.2, 0.25) is 0 Å². The zero-order valence-electron chi connectivity index (χ0n) is 9.31. The normalized spacial score (nSPS) is 9.79. The van der Waals surface area contributed by atoms with Crippen LogP contribution in [0.5, 0.6) is 0 Å². The van der Waals surface area contributed by atoms with Gasteiger partial charge in [-0.25, -0.2) is 0 Å². The molecular formula is C13H31N. The first-order valence-electron chi connectivity index (χ1n) is 4.87. The molecule has 88 valence electrons. The SMILES string of the molecule is C.C.CC(C)C(N)=C(C(C)C)C(C)C. The lowest BCUT2D eigenvalue weighted by Gasteiger charge is -2.21. The standard InChI is InChI=1S/C11H23N.2CH4/c1-7(2)10(8(3)4)11(12)9(5)6;;/h7-9H,12H2,1-6H3;2*1H4. The fraction of sp³-hybridized carbons (Fsp3) is 0.846. The van der Waals surface area contributed by atoms with Crippen LogP contribution >= 0.6 is 0 Å². The highest BCUT2D eigenvalue weighted by Crippen LogP contribution is 2.24. The first kappa shape index (κ1) is 19.2. The summed E-state index contributed by atoms with van der Waals surface area (Å²) >= 11 is 0. The molecule has 0 radical (unpaired) electrons. The van der Waals surface area contributed by atoms with Crippen LogP contribution in [0, 0.1) is 17.8 Å². The van der Waals surface area contributed by atoms with E-state index >= 15 is 0 Å². The van der Waals surface area contributed by atoms with Crippen LogP contribution in [0.3, 0.4) is 0 Å². The highest BCUT2D eigenvalue weighted by molar-refractivity contribution is 5.16. The molecule has 1 nitrogen and oxygen atoms in total. The molecule has 0 aromatic heterocycles. The van der Waals surface area contributed by atoms with E-state index in [0.29, 0.717) is 17.8 Å². The Morgan fingerprint density at radius 1 is 0.714 bits per heavy atom. The summed E-state index contributed by atoms with van der Waals surface area (Å²) in [6.07, 6.45) is 0. The molecule has 0 atom stereocenters. The molecule has 0 saturated heterocycles. The van der Waals surface area contributed by atoms with E-state index in [1.165, 1.54) is 5.57 Å². The van der Waals surface area contributed by atoms with Crippen LogP contribution in [-0.2, 0) is 0 Å². The number of hydrogen-bond donors (Lipinski definition) is 1. The van der Waals surface area contributed by atoms with Gasteiger partial charge in [0.25, 0.3) is 0 Å². The van der Waals surface area contributed by atoms with Gasteiger partial charge in [0.1, 0.15) is 0 Å². The van der Waals surface area contributed by atoms with Gasteiger partial charge < -0.3 is 5.73 Å². The van der Waals surface area contributed by atoms with E-state index in [1.54, 1.807) is 0 Å². The summed E-state index contributed by atoms with van der Waals surface area (Å²) in [5.74, 6) is 1.63. The molecule has 0 aromatic carbocycles. The quantitative estimate of drug-likeness (QED) is 0.718. The molecular weight excluding hydrogens is 170 g/mol. The minimum absolute atomic E-state index is 0. The first-order valence-corrected chi connectivity index (χ1v) is 4.87. The summed E-state index contributed by atoms with van der Waals surface area (Å²) in [4.78, 5) is 0. The van der Waals surface area contributed by atoms with E-state index in [4.69, 9.17) is 5.73 Å². The van der Waals surface area contributed by atoms with Gasteiger partial charge in [0.05, 0.1) is 0 Å². The van der Waals surface area contributed by atoms with Gasteiger partial charge in [-0.3, -0.25) is 0 Å². The zero-order chi connectivity index (χ0) is 9.89. The third kappa shape index (κ3) is 5.31. The Hall–Kier alpha value is -0.460. The number of hydrogen-bond acceptors (Lipinski definition) is 1. The highest BCUT2D eigenvalue weighted by Gasteiger charge is 2.13. The van der Waals surface area contributed by atoms with Crippen LogP contribution < -0.4 is 5.73 Å². The van der Waals surface area contributed by atoms with Crippen molar-refractivity contribution in [1.29, 1.82) is 0 Å². The van der Waals surface area contributed by atoms with Gasteiger partial charge in [-0.15, -0.1) is 0 Å². The molecule has 0 aliphatic heterocycles. The summed E-state index contributed by atoms with van der Waals surface area (Å²) in [7, 11) is 0. The minimum atomic E-state index is 0. The summed E-state index contributed by atoms with van der Waals surface area (Å²) < 4.78 is 0. The predicted molar refractivity (Wildman–Crippen MR) is 69.2 cm³/mol. The molecule has 2 N–H and O–H groups in total. The van der Waals surface area contributed by atoms with Crippen molar-refractivity contribution in [2.45, 2.75) is 56.4 Å². The Balaban J connectivity index is -0.000000605. The van der Waals surface area contributed by atoms with Gasteiger partial charge in [0, 0.05) is 5.70 Å². The maximum absolute atomic E-state index is 6.04. The van der Waals surface area contributed by atoms with Crippen molar-refractivity contribution >= 4 is 0 Å². The summed E-state index contributed by atoms with van der Waals surface area (Å²) in [5.41, 5.74) is 8.55. The van der Waals surface area contributed by atoms with E-state index in [0.717, 1.165) is 5.70 Å². The van der Waals surface area contributed by atoms with Gasteiger partial charge in [0.15, 0.2) is 0 Å². The van der Waals surface area contributed by atoms with Crippen LogP contribution in [0.15, 0.2) is 11.3 Å². The molecule has 0 spiro atoms. The molecule has 0 heterocycles. The topological polar surface area (TPSA) is 26.0 Å². The third-order valence-corrected chi connectivity index (χ3v) is 2.20. The maximum Gasteiger partial charge on any atom is 0.0104 e. The predicted octanol–water partition coefficient (Wildman–Crippen LogP) is 4.44. The zero-order valence-corrected chi connectivity index (χ0v) is 9.31. The van der Waals surface area contributed by atoms with Gasteiger partial charge in [-0.05, 0) is 23.3 Å². The van der Waals surface area contributed by atoms with E-state index in [-0.39, 0.29) is 14.9 Å². The van der Waals surface area contributed by atoms with Crippen molar-refractivity contribution < 1.29 is 0 Å². The largest absolute Gasteiger partial charge is 0.402 e. The molecule has 0 rings (SSSR count). The van der Waals surface area contributed by atoms with E-state index in [2.05, 4.69) is 41.5 Å². The van der Waals surface area contributed by atoms with Gasteiger partial charge in [-0.2, -0.15) is 0 Å². The summed E-state index contributed by atoms with van der Waals surface area (Å²) in [6, 6.07) is 0.